The van der Waals surface area contributed by atoms with Gasteiger partial charge < -0.3 is 37.9 Å². The first-order valence-corrected chi connectivity index (χ1v) is 21.6. The number of benzene rings is 4. The Bertz CT molecular complexity index is 1450. The van der Waals surface area contributed by atoms with Crippen LogP contribution in [0.2, 0.25) is 0 Å². The molecule has 8 nitrogen and oxygen atoms in total. The van der Waals surface area contributed by atoms with Crippen LogP contribution in [0.3, 0.4) is 0 Å². The molecule has 0 saturated carbocycles. The molecule has 0 aromatic heterocycles. The van der Waals surface area contributed by atoms with Gasteiger partial charge in [0.05, 0.1) is 81.3 Å². The van der Waals surface area contributed by atoms with Gasteiger partial charge in [0.2, 0.25) is 0 Å². The molecule has 5 rings (SSSR count). The van der Waals surface area contributed by atoms with E-state index in [1.165, 1.54) is 0 Å². The maximum Gasteiger partial charge on any atom is 0.129 e. The highest BCUT2D eigenvalue weighted by atomic mass is 32.2. The van der Waals surface area contributed by atoms with E-state index < -0.39 is 0 Å². The highest BCUT2D eigenvalue weighted by molar-refractivity contribution is 7.99. The first kappa shape index (κ1) is 40.5. The molecule has 0 spiro atoms. The van der Waals surface area contributed by atoms with E-state index in [0.717, 1.165) is 87.1 Å². The number of rotatable bonds is 8. The van der Waals surface area contributed by atoms with Gasteiger partial charge in [0.15, 0.2) is 0 Å². The molecule has 4 aromatic carbocycles. The third-order valence-corrected chi connectivity index (χ3v) is 11.5. The minimum absolute atomic E-state index is 0.351. The van der Waals surface area contributed by atoms with Crippen LogP contribution in [0, 0.1) is 0 Å². The monoisotopic (exact) mass is 784 g/mol. The van der Waals surface area contributed by atoms with Gasteiger partial charge in [-0.3, -0.25) is 0 Å². The van der Waals surface area contributed by atoms with E-state index in [9.17, 15) is 0 Å². The van der Waals surface area contributed by atoms with Crippen molar-refractivity contribution in [1.29, 1.82) is 0 Å². The largest absolute Gasteiger partial charge is 0.496 e. The number of thioether (sulfide) groups is 4. The lowest BCUT2D eigenvalue weighted by atomic mass is 10.1. The molecule has 0 aliphatic carbocycles. The molecule has 1 aliphatic rings. The van der Waals surface area contributed by atoms with Crippen molar-refractivity contribution in [3.05, 3.63) is 93.0 Å². The predicted octanol–water partition coefficient (Wildman–Crippen LogP) is 9.79. The van der Waals surface area contributed by atoms with Crippen LogP contribution >= 0.6 is 47.0 Å². The second-order valence-corrected chi connectivity index (χ2v) is 15.4. The Morgan fingerprint density at radius 3 is 0.596 bits per heavy atom. The smallest absolute Gasteiger partial charge is 0.129 e. The van der Waals surface area contributed by atoms with Crippen molar-refractivity contribution in [3.63, 3.8) is 0 Å². The van der Waals surface area contributed by atoms with Crippen molar-refractivity contribution < 1.29 is 37.9 Å². The van der Waals surface area contributed by atoms with Crippen LogP contribution in [0.4, 0.5) is 0 Å². The summed E-state index contributed by atoms with van der Waals surface area (Å²) in [5.74, 6) is 3.03. The van der Waals surface area contributed by atoms with Gasteiger partial charge in [-0.05, 0) is 73.6 Å². The zero-order valence-corrected chi connectivity index (χ0v) is 34.4. The topological polar surface area (TPSA) is 73.8 Å². The van der Waals surface area contributed by atoms with E-state index in [1.807, 2.05) is 0 Å². The first-order valence-electron chi connectivity index (χ1n) is 16.7. The van der Waals surface area contributed by atoms with E-state index in [4.69, 9.17) is 37.9 Å². The fourth-order valence-electron chi connectivity index (χ4n) is 6.35. The maximum atomic E-state index is 6.39. The minimum atomic E-state index is 0.351. The number of hydrogen-bond acceptors (Lipinski definition) is 12. The summed E-state index contributed by atoms with van der Waals surface area (Å²) in [6.45, 7) is 2.81. The third-order valence-electron chi connectivity index (χ3n) is 8.68. The van der Waals surface area contributed by atoms with Crippen LogP contribution in [0.25, 0.3) is 0 Å². The molecule has 4 aromatic rings. The Morgan fingerprint density at radius 2 is 0.481 bits per heavy atom. The summed E-state index contributed by atoms with van der Waals surface area (Å²) in [6.07, 6.45) is 8.26. The molecule has 0 saturated heterocycles. The Morgan fingerprint density at radius 1 is 0.327 bits per heavy atom. The Kier molecular flexibility index (Phi) is 15.7. The van der Waals surface area contributed by atoms with Crippen LogP contribution in [-0.4, -0.2) is 53.5 Å². The summed E-state index contributed by atoms with van der Waals surface area (Å²) in [5.41, 5.74) is 7.62. The lowest BCUT2D eigenvalue weighted by Crippen LogP contribution is -2.07. The molecular formula is C40H48O8S4. The molecule has 0 fully saturated rings. The highest BCUT2D eigenvalue weighted by Gasteiger charge is 2.19. The number of hydrogen-bond donors (Lipinski definition) is 0. The molecule has 0 atom stereocenters. The number of methoxy groups -OCH3 is 4. The zero-order valence-electron chi connectivity index (χ0n) is 31.2. The molecule has 52 heavy (non-hydrogen) atoms. The summed E-state index contributed by atoms with van der Waals surface area (Å²) in [7, 11) is 6.77. The Labute approximate surface area is 325 Å². The molecular weight excluding hydrogens is 737 g/mol. The fraction of sp³-hybridized carbons (Fsp3) is 0.400. The molecule has 0 N–H and O–H groups in total. The Balaban J connectivity index is 1.55. The summed E-state index contributed by atoms with van der Waals surface area (Å²) in [4.78, 5) is 4.42. The minimum Gasteiger partial charge on any atom is -0.496 e. The summed E-state index contributed by atoms with van der Waals surface area (Å²) in [6, 6.07) is 17.0. The molecule has 8 bridgehead atoms. The normalized spacial score (nSPS) is 14.3. The van der Waals surface area contributed by atoms with Crippen LogP contribution < -0.4 is 18.9 Å². The highest BCUT2D eigenvalue weighted by Crippen LogP contribution is 2.37. The summed E-state index contributed by atoms with van der Waals surface area (Å²) >= 11 is 6.69. The zero-order chi connectivity index (χ0) is 37.0. The van der Waals surface area contributed by atoms with E-state index in [-0.39, 0.29) is 0 Å². The first-order chi connectivity index (χ1) is 25.4. The average Bonchev–Trinajstić information content (AvgIpc) is 3.16. The van der Waals surface area contributed by atoms with Crippen molar-refractivity contribution >= 4 is 47.0 Å². The second kappa shape index (κ2) is 20.1. The SMILES string of the molecule is COc1c2cc(SC)cc1COCc1cc(SC)cc(c1OC)COCc1cc(SC)cc(c1OC)COCc1cc(SC)cc(c1OC)COC2. The maximum absolute atomic E-state index is 6.39. The van der Waals surface area contributed by atoms with E-state index in [0.29, 0.717) is 52.9 Å². The van der Waals surface area contributed by atoms with Gasteiger partial charge in [0.25, 0.3) is 0 Å². The van der Waals surface area contributed by atoms with Gasteiger partial charge in [0, 0.05) is 64.1 Å². The fourth-order valence-corrected chi connectivity index (χ4v) is 8.43. The van der Waals surface area contributed by atoms with E-state index >= 15 is 0 Å². The van der Waals surface area contributed by atoms with Crippen LogP contribution in [0.15, 0.2) is 68.1 Å². The van der Waals surface area contributed by atoms with Crippen molar-refractivity contribution in [2.45, 2.75) is 72.4 Å². The van der Waals surface area contributed by atoms with E-state index in [2.05, 4.69) is 73.6 Å². The quantitative estimate of drug-likeness (QED) is 0.160. The third kappa shape index (κ3) is 9.89. The molecule has 0 radical (unpaired) electrons. The van der Waals surface area contributed by atoms with Gasteiger partial charge in [-0.25, -0.2) is 0 Å². The average molecular weight is 785 g/mol. The van der Waals surface area contributed by atoms with Crippen molar-refractivity contribution in [2.75, 3.05) is 53.5 Å². The van der Waals surface area contributed by atoms with Crippen molar-refractivity contribution in [2.24, 2.45) is 0 Å². The van der Waals surface area contributed by atoms with Crippen molar-refractivity contribution in [1.82, 2.24) is 0 Å². The predicted molar refractivity (Wildman–Crippen MR) is 213 cm³/mol. The summed E-state index contributed by atoms with van der Waals surface area (Å²) < 4.78 is 49.4. The lowest BCUT2D eigenvalue weighted by molar-refractivity contribution is 0.0923. The molecule has 280 valence electrons. The van der Waals surface area contributed by atoms with Gasteiger partial charge >= 0.3 is 0 Å². The molecule has 12 heteroatoms. The lowest BCUT2D eigenvalue weighted by Gasteiger charge is -2.20. The molecule has 0 amide bonds. The van der Waals surface area contributed by atoms with Crippen LogP contribution in [0.5, 0.6) is 23.0 Å². The van der Waals surface area contributed by atoms with E-state index in [1.54, 1.807) is 75.5 Å². The summed E-state index contributed by atoms with van der Waals surface area (Å²) in [5, 5.41) is 0. The van der Waals surface area contributed by atoms with Crippen molar-refractivity contribution in [3.8, 4) is 23.0 Å². The Hall–Kier alpha value is -2.68. The van der Waals surface area contributed by atoms with Crippen LogP contribution in [-0.2, 0) is 71.8 Å². The van der Waals surface area contributed by atoms with Gasteiger partial charge in [-0.15, -0.1) is 47.0 Å². The van der Waals surface area contributed by atoms with Crippen LogP contribution in [0.1, 0.15) is 44.5 Å². The van der Waals surface area contributed by atoms with Gasteiger partial charge in [-0.1, -0.05) is 0 Å². The molecule has 1 heterocycles. The standard InChI is InChI=1S/C40H48O8S4/c1-41-37-25-9-33(49-5)10-26(37)18-46-20-28-12-35(51-7)14-30(39(28)43-3)22-48-24-32-16-36(52-8)15-31(40(32)44-4)23-47-21-29-13-34(50-6)11-27(19-45-17-25)38(29)42-2/h9-16H,17-24H2,1-8H3. The number of fused-ring (bicyclic) bond motifs is 8. The van der Waals surface area contributed by atoms with Gasteiger partial charge in [-0.2, -0.15) is 0 Å². The second-order valence-electron chi connectivity index (χ2n) is 11.9. The molecule has 0 unspecified atom stereocenters. The number of ether oxygens (including phenoxy) is 8. The van der Waals surface area contributed by atoms with Gasteiger partial charge in [0.1, 0.15) is 23.0 Å². The molecule has 1 aliphatic heterocycles.